The van der Waals surface area contributed by atoms with E-state index in [4.69, 9.17) is 0 Å². The molecule has 4 saturated carbocycles. The number of carbonyl (C=O) groups excluding carboxylic acids is 1. The predicted molar refractivity (Wildman–Crippen MR) is 131 cm³/mol. The highest BCUT2D eigenvalue weighted by molar-refractivity contribution is 9.10. The van der Waals surface area contributed by atoms with Crippen LogP contribution in [0.1, 0.15) is 112 Å². The van der Waals surface area contributed by atoms with Gasteiger partial charge in [0.1, 0.15) is 5.78 Å². The van der Waals surface area contributed by atoms with Gasteiger partial charge >= 0.3 is 0 Å². The monoisotopic (exact) mass is 478 g/mol. The number of Topliss-reactive ketones (excluding diaryl/α,β-unsaturated/α-hetero) is 1. The Labute approximate surface area is 195 Å². The molecular formula is C28H47BrO. The van der Waals surface area contributed by atoms with E-state index in [2.05, 4.69) is 57.5 Å². The quantitative estimate of drug-likeness (QED) is 0.362. The molecule has 4 aliphatic carbocycles. The van der Waals surface area contributed by atoms with Gasteiger partial charge in [0.15, 0.2) is 0 Å². The topological polar surface area (TPSA) is 17.1 Å². The van der Waals surface area contributed by atoms with Crippen LogP contribution in [0.2, 0.25) is 0 Å². The SMILES string of the molecule is CC(C)CCC[C@@H](C)[C@@H]1CC[C@H]2[C@H]3CC[C@@]4(C)CC(=O)[C@H](Br)C[C@]4(C)[C@@H]3CC[C@@]21C. The number of hydrogen-bond acceptors (Lipinski definition) is 1. The third-order valence-corrected chi connectivity index (χ3v) is 12.2. The first-order valence-corrected chi connectivity index (χ1v) is 14.1. The molecule has 0 bridgehead atoms. The van der Waals surface area contributed by atoms with Gasteiger partial charge < -0.3 is 0 Å². The zero-order valence-electron chi connectivity index (χ0n) is 20.6. The predicted octanol–water partition coefficient (Wildman–Crippen LogP) is 8.44. The molecule has 2 heteroatoms. The third kappa shape index (κ3) is 3.58. The van der Waals surface area contributed by atoms with Crippen LogP contribution in [0.5, 0.6) is 0 Å². The molecule has 30 heavy (non-hydrogen) atoms. The molecule has 0 aromatic carbocycles. The lowest BCUT2D eigenvalue weighted by atomic mass is 9.40. The fourth-order valence-corrected chi connectivity index (χ4v) is 10.2. The molecule has 0 aromatic heterocycles. The highest BCUT2D eigenvalue weighted by Gasteiger charge is 2.64. The third-order valence-electron chi connectivity index (χ3n) is 11.4. The van der Waals surface area contributed by atoms with E-state index in [1.165, 1.54) is 57.8 Å². The van der Waals surface area contributed by atoms with Crippen LogP contribution in [0.25, 0.3) is 0 Å². The van der Waals surface area contributed by atoms with E-state index in [1.54, 1.807) is 0 Å². The number of halogens is 1. The summed E-state index contributed by atoms with van der Waals surface area (Å²) in [6, 6.07) is 0. The molecule has 4 aliphatic rings. The maximum Gasteiger partial charge on any atom is 0.147 e. The lowest BCUT2D eigenvalue weighted by Crippen LogP contribution is -2.59. The number of ketones is 1. The molecule has 0 unspecified atom stereocenters. The molecule has 0 saturated heterocycles. The van der Waals surface area contributed by atoms with Crippen LogP contribution in [0.4, 0.5) is 0 Å². The van der Waals surface area contributed by atoms with E-state index in [-0.39, 0.29) is 10.2 Å². The molecule has 4 fully saturated rings. The summed E-state index contributed by atoms with van der Waals surface area (Å²) in [7, 11) is 0. The molecule has 1 nitrogen and oxygen atoms in total. The smallest absolute Gasteiger partial charge is 0.147 e. The minimum absolute atomic E-state index is 0.0972. The minimum atomic E-state index is 0.0972. The van der Waals surface area contributed by atoms with Crippen LogP contribution >= 0.6 is 15.9 Å². The maximum atomic E-state index is 12.6. The van der Waals surface area contributed by atoms with Gasteiger partial charge in [-0.1, -0.05) is 76.7 Å². The Kier molecular flexibility index (Phi) is 6.35. The van der Waals surface area contributed by atoms with E-state index in [9.17, 15) is 4.79 Å². The normalized spacial score (nSPS) is 49.5. The van der Waals surface area contributed by atoms with Gasteiger partial charge in [-0.05, 0) is 96.7 Å². The van der Waals surface area contributed by atoms with Crippen molar-refractivity contribution in [2.45, 2.75) is 117 Å². The fourth-order valence-electron chi connectivity index (χ4n) is 9.39. The molecule has 0 N–H and O–H groups in total. The van der Waals surface area contributed by atoms with Crippen molar-refractivity contribution in [1.82, 2.24) is 0 Å². The van der Waals surface area contributed by atoms with Gasteiger partial charge in [0.2, 0.25) is 0 Å². The Bertz CT molecular complexity index is 657. The minimum Gasteiger partial charge on any atom is -0.298 e. The molecule has 0 aliphatic heterocycles. The summed E-state index contributed by atoms with van der Waals surface area (Å²) in [6.07, 6.45) is 14.6. The van der Waals surface area contributed by atoms with Gasteiger partial charge in [-0.3, -0.25) is 4.79 Å². The second-order valence-corrected chi connectivity index (χ2v) is 14.3. The van der Waals surface area contributed by atoms with Gasteiger partial charge in [-0.25, -0.2) is 0 Å². The van der Waals surface area contributed by atoms with Gasteiger partial charge in [-0.15, -0.1) is 0 Å². The number of rotatable bonds is 5. The molecule has 172 valence electrons. The summed E-state index contributed by atoms with van der Waals surface area (Å²) in [5, 5.41) is 0. The number of hydrogen-bond donors (Lipinski definition) is 0. The van der Waals surface area contributed by atoms with Crippen molar-refractivity contribution in [2.75, 3.05) is 0 Å². The zero-order chi connectivity index (χ0) is 21.9. The van der Waals surface area contributed by atoms with Crippen LogP contribution in [0, 0.1) is 51.8 Å². The van der Waals surface area contributed by atoms with Crippen molar-refractivity contribution in [2.24, 2.45) is 51.8 Å². The van der Waals surface area contributed by atoms with Crippen LogP contribution in [-0.4, -0.2) is 10.6 Å². The lowest BCUT2D eigenvalue weighted by Gasteiger charge is -2.65. The number of fused-ring (bicyclic) bond motifs is 5. The van der Waals surface area contributed by atoms with Gasteiger partial charge in [0.05, 0.1) is 4.83 Å². The Morgan fingerprint density at radius 2 is 1.70 bits per heavy atom. The first-order valence-electron chi connectivity index (χ1n) is 13.2. The first-order chi connectivity index (χ1) is 14.0. The van der Waals surface area contributed by atoms with Crippen molar-refractivity contribution in [3.8, 4) is 0 Å². The molecule has 0 amide bonds. The Morgan fingerprint density at radius 1 is 0.967 bits per heavy atom. The summed E-state index contributed by atoms with van der Waals surface area (Å²) in [4.78, 5) is 12.7. The molecular weight excluding hydrogens is 432 g/mol. The van der Waals surface area contributed by atoms with Crippen molar-refractivity contribution < 1.29 is 4.79 Å². The summed E-state index contributed by atoms with van der Waals surface area (Å²) >= 11 is 3.77. The number of carbonyl (C=O) groups is 1. The molecule has 0 radical (unpaired) electrons. The highest BCUT2D eigenvalue weighted by atomic mass is 79.9. The van der Waals surface area contributed by atoms with E-state index < -0.39 is 0 Å². The summed E-state index contributed by atoms with van der Waals surface area (Å²) < 4.78 is 0. The van der Waals surface area contributed by atoms with Crippen LogP contribution in [-0.2, 0) is 4.79 Å². The van der Waals surface area contributed by atoms with Crippen LogP contribution < -0.4 is 0 Å². The van der Waals surface area contributed by atoms with E-state index in [0.717, 1.165) is 48.3 Å². The van der Waals surface area contributed by atoms with E-state index in [0.29, 0.717) is 16.6 Å². The largest absolute Gasteiger partial charge is 0.298 e. The molecule has 0 heterocycles. The molecule has 0 spiro atoms. The summed E-state index contributed by atoms with van der Waals surface area (Å²) in [5.74, 6) is 5.80. The van der Waals surface area contributed by atoms with Gasteiger partial charge in [-0.2, -0.15) is 0 Å². The second kappa shape index (κ2) is 8.18. The standard InChI is InChI=1S/C28H47BrO/c1-18(2)8-7-9-19(3)21-10-11-22-20-12-14-26(4)17-25(30)24(29)16-28(26,6)23(20)13-15-27(21,22)5/h18-24H,7-17H2,1-6H3/t19-,20-,21+,22+,23-,24-,26+,27-,28-/m1/s1. The van der Waals surface area contributed by atoms with Gasteiger partial charge in [0.25, 0.3) is 0 Å². The van der Waals surface area contributed by atoms with Crippen LogP contribution in [0.15, 0.2) is 0 Å². The Balaban J connectivity index is 1.52. The average Bonchev–Trinajstić information content (AvgIpc) is 3.01. The Morgan fingerprint density at radius 3 is 2.40 bits per heavy atom. The fraction of sp³-hybridized carbons (Fsp3) is 0.964. The van der Waals surface area contributed by atoms with Crippen molar-refractivity contribution >= 4 is 21.7 Å². The van der Waals surface area contributed by atoms with E-state index >= 15 is 0 Å². The lowest BCUT2D eigenvalue weighted by molar-refractivity contribution is -0.162. The molecule has 9 atom stereocenters. The summed E-state index contributed by atoms with van der Waals surface area (Å²) in [5.41, 5.74) is 1.13. The number of alkyl halides is 1. The molecule has 0 aromatic rings. The molecule has 4 rings (SSSR count). The zero-order valence-corrected chi connectivity index (χ0v) is 22.2. The second-order valence-electron chi connectivity index (χ2n) is 13.2. The summed E-state index contributed by atoms with van der Waals surface area (Å²) in [6.45, 7) is 15.0. The van der Waals surface area contributed by atoms with Crippen molar-refractivity contribution in [3.05, 3.63) is 0 Å². The van der Waals surface area contributed by atoms with Crippen molar-refractivity contribution in [1.29, 1.82) is 0 Å². The van der Waals surface area contributed by atoms with Gasteiger partial charge in [0, 0.05) is 6.42 Å². The average molecular weight is 480 g/mol. The van der Waals surface area contributed by atoms with Crippen molar-refractivity contribution in [3.63, 3.8) is 0 Å². The first kappa shape index (κ1) is 23.3. The maximum absolute atomic E-state index is 12.6. The highest BCUT2D eigenvalue weighted by Crippen LogP contribution is 2.71. The van der Waals surface area contributed by atoms with E-state index in [1.807, 2.05) is 0 Å². The van der Waals surface area contributed by atoms with Crippen LogP contribution in [0.3, 0.4) is 0 Å². The Hall–Kier alpha value is 0.150.